The van der Waals surface area contributed by atoms with Gasteiger partial charge in [-0.1, -0.05) is 53.6 Å². The third kappa shape index (κ3) is 3.12. The summed E-state index contributed by atoms with van der Waals surface area (Å²) in [5.74, 6) is 0. The summed E-state index contributed by atoms with van der Waals surface area (Å²) in [5.41, 5.74) is 4.24. The van der Waals surface area contributed by atoms with Gasteiger partial charge in [0.25, 0.3) is 0 Å². The number of aliphatic hydroxyl groups excluding tert-OH is 1. The van der Waals surface area contributed by atoms with E-state index in [1.165, 1.54) is 5.56 Å². The zero-order valence-electron chi connectivity index (χ0n) is 10.7. The number of hydrogen-bond acceptors (Lipinski definition) is 1. The summed E-state index contributed by atoms with van der Waals surface area (Å²) >= 11 is 6.16. The Kier molecular flexibility index (Phi) is 4.05. The van der Waals surface area contributed by atoms with Gasteiger partial charge in [-0.15, -0.1) is 0 Å². The minimum atomic E-state index is -0.555. The molecule has 0 spiro atoms. The molecule has 1 unspecified atom stereocenters. The second-order valence-corrected chi connectivity index (χ2v) is 5.14. The maximum atomic E-state index is 10.2. The Morgan fingerprint density at radius 2 is 1.61 bits per heavy atom. The molecule has 0 radical (unpaired) electrons. The van der Waals surface area contributed by atoms with Crippen LogP contribution in [0.1, 0.15) is 28.4 Å². The number of hydrogen-bond donors (Lipinski definition) is 1. The van der Waals surface area contributed by atoms with Crippen LogP contribution in [0.2, 0.25) is 5.02 Å². The fourth-order valence-electron chi connectivity index (χ4n) is 1.96. The third-order valence-corrected chi connectivity index (χ3v) is 3.39. The molecule has 2 rings (SSSR count). The summed E-state index contributed by atoms with van der Waals surface area (Å²) in [4.78, 5) is 0. The van der Waals surface area contributed by atoms with Crippen LogP contribution in [-0.2, 0) is 6.42 Å². The Morgan fingerprint density at radius 1 is 1.00 bits per heavy atom. The van der Waals surface area contributed by atoms with E-state index in [2.05, 4.69) is 19.1 Å². The van der Waals surface area contributed by atoms with Crippen LogP contribution in [0.3, 0.4) is 0 Å². The zero-order chi connectivity index (χ0) is 13.1. The topological polar surface area (TPSA) is 20.2 Å². The lowest BCUT2D eigenvalue weighted by Gasteiger charge is -2.13. The van der Waals surface area contributed by atoms with Crippen LogP contribution in [0, 0.1) is 13.8 Å². The van der Waals surface area contributed by atoms with Crippen molar-refractivity contribution in [3.05, 3.63) is 69.7 Å². The Bertz CT molecular complexity index is 531. The molecule has 94 valence electrons. The van der Waals surface area contributed by atoms with Gasteiger partial charge in [0.1, 0.15) is 0 Å². The average Bonchev–Trinajstić information content (AvgIpc) is 2.32. The van der Waals surface area contributed by atoms with Gasteiger partial charge >= 0.3 is 0 Å². The molecule has 0 heterocycles. The van der Waals surface area contributed by atoms with Crippen molar-refractivity contribution in [2.24, 2.45) is 0 Å². The maximum absolute atomic E-state index is 10.2. The molecule has 2 aromatic rings. The van der Waals surface area contributed by atoms with Gasteiger partial charge in [-0.2, -0.15) is 0 Å². The summed E-state index contributed by atoms with van der Waals surface area (Å²) in [6.45, 7) is 4.04. The van der Waals surface area contributed by atoms with Crippen molar-refractivity contribution < 1.29 is 5.11 Å². The maximum Gasteiger partial charge on any atom is 0.0844 e. The normalized spacial score (nSPS) is 12.4. The van der Waals surface area contributed by atoms with Crippen molar-refractivity contribution in [1.82, 2.24) is 0 Å². The Labute approximate surface area is 113 Å². The fourth-order valence-corrected chi connectivity index (χ4v) is 2.32. The molecule has 1 N–H and O–H groups in total. The molecular formula is C16H17ClO. The first-order valence-corrected chi connectivity index (χ1v) is 6.44. The van der Waals surface area contributed by atoms with Gasteiger partial charge in [0.05, 0.1) is 6.10 Å². The molecule has 2 aromatic carbocycles. The molecule has 1 nitrogen and oxygen atoms in total. The smallest absolute Gasteiger partial charge is 0.0844 e. The van der Waals surface area contributed by atoms with Crippen LogP contribution < -0.4 is 0 Å². The molecule has 18 heavy (non-hydrogen) atoms. The fraction of sp³-hybridized carbons (Fsp3) is 0.250. The Hall–Kier alpha value is -1.31. The van der Waals surface area contributed by atoms with Gasteiger partial charge in [-0.3, -0.25) is 0 Å². The standard InChI is InChI=1S/C16H17ClO/c1-11-3-6-13(7-4-11)10-16(18)14-8-5-12(2)9-15(14)17/h3-9,16,18H,10H2,1-2H3. The Balaban J connectivity index is 2.16. The van der Waals surface area contributed by atoms with Crippen LogP contribution >= 0.6 is 11.6 Å². The second kappa shape index (κ2) is 5.55. The van der Waals surface area contributed by atoms with Crippen molar-refractivity contribution in [2.75, 3.05) is 0 Å². The van der Waals surface area contributed by atoms with Crippen LogP contribution in [0.25, 0.3) is 0 Å². The summed E-state index contributed by atoms with van der Waals surface area (Å²) in [5, 5.41) is 10.9. The van der Waals surface area contributed by atoms with Gasteiger partial charge in [-0.25, -0.2) is 0 Å². The summed E-state index contributed by atoms with van der Waals surface area (Å²) in [6, 6.07) is 13.9. The molecule has 0 saturated carbocycles. The highest BCUT2D eigenvalue weighted by Crippen LogP contribution is 2.26. The average molecular weight is 261 g/mol. The van der Waals surface area contributed by atoms with Crippen LogP contribution in [0.15, 0.2) is 42.5 Å². The van der Waals surface area contributed by atoms with E-state index in [0.29, 0.717) is 11.4 Å². The summed E-state index contributed by atoms with van der Waals surface area (Å²) < 4.78 is 0. The van der Waals surface area contributed by atoms with Gasteiger partial charge in [-0.05, 0) is 36.6 Å². The predicted molar refractivity (Wildman–Crippen MR) is 76.0 cm³/mol. The van der Waals surface area contributed by atoms with E-state index in [1.807, 2.05) is 37.3 Å². The number of rotatable bonds is 3. The quantitative estimate of drug-likeness (QED) is 0.876. The molecular weight excluding hydrogens is 244 g/mol. The van der Waals surface area contributed by atoms with E-state index in [0.717, 1.165) is 16.7 Å². The minimum absolute atomic E-state index is 0.555. The van der Waals surface area contributed by atoms with E-state index < -0.39 is 6.10 Å². The van der Waals surface area contributed by atoms with E-state index in [4.69, 9.17) is 11.6 Å². The lowest BCUT2D eigenvalue weighted by atomic mass is 10.00. The first kappa shape index (κ1) is 13.1. The third-order valence-electron chi connectivity index (χ3n) is 3.06. The first-order chi connectivity index (χ1) is 8.56. The van der Waals surface area contributed by atoms with Crippen molar-refractivity contribution in [1.29, 1.82) is 0 Å². The van der Waals surface area contributed by atoms with Gasteiger partial charge < -0.3 is 5.11 Å². The molecule has 0 aromatic heterocycles. The molecule has 0 saturated heterocycles. The number of aryl methyl sites for hydroxylation is 2. The highest BCUT2D eigenvalue weighted by Gasteiger charge is 2.12. The summed E-state index contributed by atoms with van der Waals surface area (Å²) in [6.07, 6.45) is 0.0316. The van der Waals surface area contributed by atoms with Gasteiger partial charge in [0, 0.05) is 11.4 Å². The number of aliphatic hydroxyl groups is 1. The molecule has 0 amide bonds. The van der Waals surface area contributed by atoms with E-state index in [-0.39, 0.29) is 0 Å². The van der Waals surface area contributed by atoms with Gasteiger partial charge in [0.15, 0.2) is 0 Å². The van der Waals surface area contributed by atoms with Crippen molar-refractivity contribution in [3.63, 3.8) is 0 Å². The van der Waals surface area contributed by atoms with E-state index >= 15 is 0 Å². The first-order valence-electron chi connectivity index (χ1n) is 6.06. The van der Waals surface area contributed by atoms with Crippen molar-refractivity contribution >= 4 is 11.6 Å². The Morgan fingerprint density at radius 3 is 2.22 bits per heavy atom. The van der Waals surface area contributed by atoms with Crippen LogP contribution in [-0.4, -0.2) is 5.11 Å². The molecule has 0 aliphatic carbocycles. The van der Waals surface area contributed by atoms with Crippen LogP contribution in [0.4, 0.5) is 0 Å². The number of benzene rings is 2. The lowest BCUT2D eigenvalue weighted by Crippen LogP contribution is -2.02. The van der Waals surface area contributed by atoms with Crippen LogP contribution in [0.5, 0.6) is 0 Å². The minimum Gasteiger partial charge on any atom is -0.388 e. The van der Waals surface area contributed by atoms with E-state index in [9.17, 15) is 5.11 Å². The summed E-state index contributed by atoms with van der Waals surface area (Å²) in [7, 11) is 0. The van der Waals surface area contributed by atoms with Gasteiger partial charge in [0.2, 0.25) is 0 Å². The highest BCUT2D eigenvalue weighted by molar-refractivity contribution is 6.31. The second-order valence-electron chi connectivity index (χ2n) is 4.73. The molecule has 0 fully saturated rings. The lowest BCUT2D eigenvalue weighted by molar-refractivity contribution is 0.178. The molecule has 1 atom stereocenters. The molecule has 2 heteroatoms. The van der Waals surface area contributed by atoms with Crippen molar-refractivity contribution in [2.45, 2.75) is 26.4 Å². The molecule has 0 aliphatic heterocycles. The SMILES string of the molecule is Cc1ccc(CC(O)c2ccc(C)cc2Cl)cc1. The molecule has 0 aliphatic rings. The predicted octanol–water partition coefficient (Wildman–Crippen LogP) is 4.23. The largest absolute Gasteiger partial charge is 0.388 e. The zero-order valence-corrected chi connectivity index (χ0v) is 11.4. The highest BCUT2D eigenvalue weighted by atomic mass is 35.5. The molecule has 0 bridgehead atoms. The van der Waals surface area contributed by atoms with E-state index in [1.54, 1.807) is 0 Å². The monoisotopic (exact) mass is 260 g/mol. The number of halogens is 1. The van der Waals surface area contributed by atoms with Crippen molar-refractivity contribution in [3.8, 4) is 0 Å².